The highest BCUT2D eigenvalue weighted by molar-refractivity contribution is 6.02. The van der Waals surface area contributed by atoms with Crippen LogP contribution in [0.3, 0.4) is 0 Å². The molecule has 0 saturated heterocycles. The van der Waals surface area contributed by atoms with Crippen molar-refractivity contribution in [2.75, 3.05) is 5.32 Å². The number of amides is 1. The highest BCUT2D eigenvalue weighted by Gasteiger charge is 2.15. The van der Waals surface area contributed by atoms with E-state index in [4.69, 9.17) is 0 Å². The van der Waals surface area contributed by atoms with Gasteiger partial charge in [-0.25, -0.2) is 0 Å². The van der Waals surface area contributed by atoms with Crippen LogP contribution in [0.4, 0.5) is 5.69 Å². The van der Waals surface area contributed by atoms with Crippen LogP contribution in [0.15, 0.2) is 116 Å². The molecule has 3 N–H and O–H groups in total. The maximum atomic E-state index is 12.6. The van der Waals surface area contributed by atoms with Crippen LogP contribution in [0.2, 0.25) is 0 Å². The molecule has 192 valence electrons. The predicted molar refractivity (Wildman–Crippen MR) is 159 cm³/mol. The normalized spacial score (nSPS) is 11.2. The number of nitrogens with zero attached hydrogens (tertiary/aromatic N) is 3. The minimum Gasteiger partial charge on any atom is -0.353 e. The number of fused-ring (bicyclic) bond motifs is 2. The van der Waals surface area contributed by atoms with E-state index in [0.29, 0.717) is 12.1 Å². The van der Waals surface area contributed by atoms with Crippen LogP contribution in [0.1, 0.15) is 5.56 Å². The highest BCUT2D eigenvalue weighted by Crippen LogP contribution is 2.35. The van der Waals surface area contributed by atoms with Gasteiger partial charge in [0.25, 0.3) is 0 Å². The smallest absolute Gasteiger partial charge is 0.228 e. The van der Waals surface area contributed by atoms with Gasteiger partial charge in [-0.2, -0.15) is 5.10 Å². The molecule has 0 spiro atoms. The molecule has 4 aromatic heterocycles. The van der Waals surface area contributed by atoms with Gasteiger partial charge >= 0.3 is 0 Å². The molecule has 7 heteroatoms. The minimum absolute atomic E-state index is 0.0813. The number of hydrogen-bond acceptors (Lipinski definition) is 4. The summed E-state index contributed by atoms with van der Waals surface area (Å²) in [6.07, 6.45) is 7.44. The lowest BCUT2D eigenvalue weighted by molar-refractivity contribution is -0.115. The maximum absolute atomic E-state index is 12.6. The van der Waals surface area contributed by atoms with E-state index in [-0.39, 0.29) is 5.91 Å². The second kappa shape index (κ2) is 9.96. The molecule has 0 saturated carbocycles. The Morgan fingerprint density at radius 2 is 1.62 bits per heavy atom. The fourth-order valence-electron chi connectivity index (χ4n) is 5.11. The Balaban J connectivity index is 1.21. The lowest BCUT2D eigenvalue weighted by Crippen LogP contribution is -2.14. The van der Waals surface area contributed by atoms with Crippen molar-refractivity contribution in [1.29, 1.82) is 0 Å². The lowest BCUT2D eigenvalue weighted by Gasteiger charge is -2.08. The van der Waals surface area contributed by atoms with E-state index in [1.165, 1.54) is 0 Å². The summed E-state index contributed by atoms with van der Waals surface area (Å²) in [5, 5.41) is 12.9. The van der Waals surface area contributed by atoms with Gasteiger partial charge in [-0.1, -0.05) is 54.6 Å². The molecule has 0 fully saturated rings. The molecule has 4 heterocycles. The number of pyridine rings is 2. The SMILES string of the molecule is O=C(Cc1ccccc1)Nc1cncc(-c2ccc3[nH]nc(-c4cc5c(-c6cccnc6)cccc5[nH]4)c3c2)c1. The average Bonchev–Trinajstić information content (AvgIpc) is 3.62. The zero-order chi connectivity index (χ0) is 26.9. The van der Waals surface area contributed by atoms with Crippen LogP contribution in [-0.2, 0) is 11.2 Å². The van der Waals surface area contributed by atoms with E-state index in [0.717, 1.165) is 61.0 Å². The summed E-state index contributed by atoms with van der Waals surface area (Å²) in [6.45, 7) is 0. The van der Waals surface area contributed by atoms with Gasteiger partial charge < -0.3 is 10.3 Å². The summed E-state index contributed by atoms with van der Waals surface area (Å²) in [7, 11) is 0. The van der Waals surface area contributed by atoms with Crippen LogP contribution in [-0.4, -0.2) is 31.1 Å². The summed E-state index contributed by atoms with van der Waals surface area (Å²) >= 11 is 0. The number of anilines is 1. The Morgan fingerprint density at radius 1 is 0.725 bits per heavy atom. The molecule has 0 aliphatic carbocycles. The highest BCUT2D eigenvalue weighted by atomic mass is 16.1. The van der Waals surface area contributed by atoms with E-state index in [1.807, 2.05) is 66.9 Å². The molecule has 0 aliphatic heterocycles. The number of carbonyl (C=O) groups excluding carboxylic acids is 1. The fraction of sp³-hybridized carbons (Fsp3) is 0.0303. The third-order valence-corrected chi connectivity index (χ3v) is 7.02. The van der Waals surface area contributed by atoms with E-state index < -0.39 is 0 Å². The molecule has 7 aromatic rings. The molecule has 0 unspecified atom stereocenters. The zero-order valence-corrected chi connectivity index (χ0v) is 21.4. The van der Waals surface area contributed by atoms with E-state index in [2.05, 4.69) is 60.8 Å². The van der Waals surface area contributed by atoms with E-state index in [1.54, 1.807) is 18.6 Å². The average molecular weight is 521 g/mol. The summed E-state index contributed by atoms with van der Waals surface area (Å²) < 4.78 is 0. The fourth-order valence-corrected chi connectivity index (χ4v) is 5.11. The minimum atomic E-state index is -0.0813. The molecule has 40 heavy (non-hydrogen) atoms. The first-order chi connectivity index (χ1) is 19.7. The van der Waals surface area contributed by atoms with Crippen LogP contribution in [0.5, 0.6) is 0 Å². The van der Waals surface area contributed by atoms with Crippen molar-refractivity contribution in [1.82, 2.24) is 25.1 Å². The van der Waals surface area contributed by atoms with Crippen molar-refractivity contribution in [3.63, 3.8) is 0 Å². The van der Waals surface area contributed by atoms with Gasteiger partial charge in [0.05, 0.1) is 29.5 Å². The van der Waals surface area contributed by atoms with Gasteiger partial charge in [0, 0.05) is 46.0 Å². The molecular formula is C33H24N6O. The van der Waals surface area contributed by atoms with Gasteiger partial charge in [0.1, 0.15) is 5.69 Å². The molecule has 7 rings (SSSR count). The molecule has 7 nitrogen and oxygen atoms in total. The second-order valence-electron chi connectivity index (χ2n) is 9.70. The number of carbonyl (C=O) groups is 1. The van der Waals surface area contributed by atoms with Crippen molar-refractivity contribution < 1.29 is 4.79 Å². The monoisotopic (exact) mass is 520 g/mol. The van der Waals surface area contributed by atoms with Crippen LogP contribution in [0.25, 0.3) is 55.4 Å². The summed E-state index contributed by atoms with van der Waals surface area (Å²) in [4.78, 5) is 24.8. The number of aromatic amines is 2. The number of aromatic nitrogens is 5. The van der Waals surface area contributed by atoms with Crippen molar-refractivity contribution in [2.45, 2.75) is 6.42 Å². The van der Waals surface area contributed by atoms with Crippen LogP contribution in [0, 0.1) is 0 Å². The summed E-state index contributed by atoms with van der Waals surface area (Å²) in [5.41, 5.74) is 9.42. The van der Waals surface area contributed by atoms with Crippen LogP contribution < -0.4 is 5.32 Å². The summed E-state index contributed by atoms with van der Waals surface area (Å²) in [5.74, 6) is -0.0813. The largest absolute Gasteiger partial charge is 0.353 e. The number of hydrogen-bond donors (Lipinski definition) is 3. The van der Waals surface area contributed by atoms with Gasteiger partial charge in [0.15, 0.2) is 0 Å². The number of rotatable bonds is 6. The Morgan fingerprint density at radius 3 is 2.50 bits per heavy atom. The maximum Gasteiger partial charge on any atom is 0.228 e. The molecule has 0 radical (unpaired) electrons. The van der Waals surface area contributed by atoms with Crippen molar-refractivity contribution in [2.24, 2.45) is 0 Å². The Bertz CT molecular complexity index is 1980. The van der Waals surface area contributed by atoms with Crippen molar-refractivity contribution in [3.8, 4) is 33.6 Å². The third-order valence-electron chi connectivity index (χ3n) is 7.02. The van der Waals surface area contributed by atoms with Crippen molar-refractivity contribution >= 4 is 33.4 Å². The summed E-state index contributed by atoms with van der Waals surface area (Å²) in [6, 6.07) is 30.2. The third kappa shape index (κ3) is 4.50. The molecule has 0 bridgehead atoms. The van der Waals surface area contributed by atoms with E-state index in [9.17, 15) is 4.79 Å². The van der Waals surface area contributed by atoms with Gasteiger partial charge in [-0.3, -0.25) is 19.9 Å². The first-order valence-corrected chi connectivity index (χ1v) is 13.0. The zero-order valence-electron chi connectivity index (χ0n) is 21.4. The Kier molecular flexibility index (Phi) is 5.86. The Hall–Kier alpha value is -5.56. The number of nitrogens with one attached hydrogen (secondary N) is 3. The topological polar surface area (TPSA) is 99.3 Å². The molecule has 1 amide bonds. The standard InChI is InChI=1S/C33H24N6O/c40-32(14-21-6-2-1-3-7-21)36-25-15-24(19-35-20-25)22-11-12-30-28(16-22)33(39-38-30)31-17-27-26(9-4-10-29(27)37-31)23-8-5-13-34-18-23/h1-13,15-20,37H,14H2,(H,36,40)(H,38,39). The number of benzene rings is 3. The van der Waals surface area contributed by atoms with Crippen molar-refractivity contribution in [3.05, 3.63) is 121 Å². The quantitative estimate of drug-likeness (QED) is 0.219. The predicted octanol–water partition coefficient (Wildman–Crippen LogP) is 7.02. The van der Waals surface area contributed by atoms with Gasteiger partial charge in [-0.15, -0.1) is 0 Å². The molecule has 0 aliphatic rings. The van der Waals surface area contributed by atoms with Crippen LogP contribution >= 0.6 is 0 Å². The van der Waals surface area contributed by atoms with Gasteiger partial charge in [0.2, 0.25) is 5.91 Å². The lowest BCUT2D eigenvalue weighted by atomic mass is 10.0. The molecule has 3 aromatic carbocycles. The van der Waals surface area contributed by atoms with E-state index >= 15 is 0 Å². The van der Waals surface area contributed by atoms with Gasteiger partial charge in [-0.05, 0) is 53.1 Å². The first-order valence-electron chi connectivity index (χ1n) is 13.0. The second-order valence-corrected chi connectivity index (χ2v) is 9.70. The first kappa shape index (κ1) is 23.5. The molecule has 0 atom stereocenters. The number of H-pyrrole nitrogens is 2. The Labute approximate surface area is 230 Å². The molecular weight excluding hydrogens is 496 g/mol.